The Labute approximate surface area is 205 Å². The molecule has 0 aliphatic heterocycles. The molecule has 6 heteroatoms. The zero-order chi connectivity index (χ0) is 24.7. The molecule has 0 radical (unpaired) electrons. The molecule has 0 saturated carbocycles. The zero-order valence-corrected chi connectivity index (χ0v) is 21.1. The van der Waals surface area contributed by atoms with Gasteiger partial charge in [-0.1, -0.05) is 50.6 Å². The van der Waals surface area contributed by atoms with Crippen molar-refractivity contribution in [2.24, 2.45) is 0 Å². The molecule has 34 heavy (non-hydrogen) atoms. The van der Waals surface area contributed by atoms with Crippen molar-refractivity contribution in [3.8, 4) is 17.2 Å². The number of rotatable bonds is 5. The number of anilines is 1. The van der Waals surface area contributed by atoms with Gasteiger partial charge in [0.05, 0.1) is 10.6 Å². The Bertz CT molecular complexity index is 1350. The number of benzene rings is 3. The quantitative estimate of drug-likeness (QED) is 0.323. The monoisotopic (exact) mass is 476 g/mol. The van der Waals surface area contributed by atoms with Gasteiger partial charge in [0.1, 0.15) is 11.3 Å². The van der Waals surface area contributed by atoms with E-state index in [2.05, 4.69) is 31.1 Å². The molecule has 0 saturated heterocycles. The standard InChI is InChI=1S/C28H29ClN2O3/c1-17-7-14-24-23(15-17)31-25(33-24)21-16-19(10-13-22(21)29)30-26(32)28(5,6)34-20-11-8-18(9-12-20)27(2,3)4/h7-16H,1-6H3,(H,30,32). The van der Waals surface area contributed by atoms with Crippen LogP contribution < -0.4 is 10.1 Å². The Kier molecular flexibility index (Phi) is 6.17. The van der Waals surface area contributed by atoms with Crippen molar-refractivity contribution in [3.05, 3.63) is 76.8 Å². The lowest BCUT2D eigenvalue weighted by molar-refractivity contribution is -0.128. The highest BCUT2D eigenvalue weighted by Crippen LogP contribution is 2.33. The van der Waals surface area contributed by atoms with Gasteiger partial charge in [-0.3, -0.25) is 4.79 Å². The van der Waals surface area contributed by atoms with Gasteiger partial charge in [-0.25, -0.2) is 4.98 Å². The summed E-state index contributed by atoms with van der Waals surface area (Å²) in [4.78, 5) is 17.6. The number of hydrogen-bond donors (Lipinski definition) is 1. The molecular formula is C28H29ClN2O3. The number of ether oxygens (including phenoxy) is 1. The van der Waals surface area contributed by atoms with E-state index >= 15 is 0 Å². The van der Waals surface area contributed by atoms with Crippen LogP contribution in [0.15, 0.2) is 65.1 Å². The third-order valence-corrected chi connectivity index (χ3v) is 5.97. The van der Waals surface area contributed by atoms with Crippen molar-refractivity contribution in [3.63, 3.8) is 0 Å². The predicted molar refractivity (Wildman–Crippen MR) is 138 cm³/mol. The van der Waals surface area contributed by atoms with Crippen LogP contribution >= 0.6 is 11.6 Å². The second-order valence-electron chi connectivity index (χ2n) is 10.0. The Morgan fingerprint density at radius 3 is 2.35 bits per heavy atom. The Morgan fingerprint density at radius 1 is 0.971 bits per heavy atom. The van der Waals surface area contributed by atoms with Gasteiger partial charge in [0.15, 0.2) is 11.2 Å². The smallest absolute Gasteiger partial charge is 0.267 e. The largest absolute Gasteiger partial charge is 0.478 e. The van der Waals surface area contributed by atoms with E-state index in [1.165, 1.54) is 5.56 Å². The van der Waals surface area contributed by atoms with Crippen LogP contribution in [0.1, 0.15) is 45.7 Å². The minimum Gasteiger partial charge on any atom is -0.478 e. The molecule has 4 rings (SSSR count). The summed E-state index contributed by atoms with van der Waals surface area (Å²) in [6.07, 6.45) is 0. The van der Waals surface area contributed by atoms with Crippen molar-refractivity contribution < 1.29 is 13.9 Å². The van der Waals surface area contributed by atoms with Gasteiger partial charge in [-0.2, -0.15) is 0 Å². The average Bonchev–Trinajstić information content (AvgIpc) is 3.17. The normalized spacial score (nSPS) is 12.1. The highest BCUT2D eigenvalue weighted by Gasteiger charge is 2.30. The van der Waals surface area contributed by atoms with E-state index in [1.807, 2.05) is 49.4 Å². The number of hydrogen-bond acceptors (Lipinski definition) is 4. The first-order valence-corrected chi connectivity index (χ1v) is 11.6. The first-order valence-electron chi connectivity index (χ1n) is 11.2. The number of nitrogens with one attached hydrogen (secondary N) is 1. The number of aromatic nitrogens is 1. The summed E-state index contributed by atoms with van der Waals surface area (Å²) in [5.41, 5.74) is 3.85. The number of fused-ring (bicyclic) bond motifs is 1. The zero-order valence-electron chi connectivity index (χ0n) is 20.3. The van der Waals surface area contributed by atoms with Crippen LogP contribution in [0.25, 0.3) is 22.6 Å². The maximum absolute atomic E-state index is 13.1. The van der Waals surface area contributed by atoms with Gasteiger partial charge in [0, 0.05) is 5.69 Å². The molecule has 3 aromatic carbocycles. The summed E-state index contributed by atoms with van der Waals surface area (Å²) in [7, 11) is 0. The predicted octanol–water partition coefficient (Wildman–Crippen LogP) is 7.55. The van der Waals surface area contributed by atoms with E-state index in [0.29, 0.717) is 33.5 Å². The number of halogens is 1. The van der Waals surface area contributed by atoms with Gasteiger partial charge in [0.25, 0.3) is 5.91 Å². The number of nitrogens with zero attached hydrogens (tertiary/aromatic N) is 1. The van der Waals surface area contributed by atoms with Crippen LogP contribution in [0.4, 0.5) is 5.69 Å². The summed E-state index contributed by atoms with van der Waals surface area (Å²) >= 11 is 6.43. The summed E-state index contributed by atoms with van der Waals surface area (Å²) < 4.78 is 11.9. The van der Waals surface area contributed by atoms with Gasteiger partial charge < -0.3 is 14.5 Å². The highest BCUT2D eigenvalue weighted by molar-refractivity contribution is 6.33. The molecule has 1 N–H and O–H groups in total. The van der Waals surface area contributed by atoms with Crippen LogP contribution in [0.5, 0.6) is 5.75 Å². The maximum atomic E-state index is 13.1. The number of oxazole rings is 1. The Hall–Kier alpha value is -3.31. The lowest BCUT2D eigenvalue weighted by Crippen LogP contribution is -2.42. The maximum Gasteiger partial charge on any atom is 0.267 e. The van der Waals surface area contributed by atoms with Crippen LogP contribution in [0, 0.1) is 6.92 Å². The van der Waals surface area contributed by atoms with Gasteiger partial charge in [-0.05, 0) is 79.8 Å². The van der Waals surface area contributed by atoms with Crippen molar-refractivity contribution in [2.75, 3.05) is 5.32 Å². The SMILES string of the molecule is Cc1ccc2oc(-c3cc(NC(=O)C(C)(C)Oc4ccc(C(C)(C)C)cc4)ccc3Cl)nc2c1. The molecule has 0 bridgehead atoms. The number of amides is 1. The molecule has 5 nitrogen and oxygen atoms in total. The third-order valence-electron chi connectivity index (χ3n) is 5.64. The molecule has 0 fully saturated rings. The van der Waals surface area contributed by atoms with Crippen molar-refractivity contribution >= 4 is 34.3 Å². The average molecular weight is 477 g/mol. The van der Waals surface area contributed by atoms with Gasteiger partial charge in [0.2, 0.25) is 5.89 Å². The second-order valence-corrected chi connectivity index (χ2v) is 10.4. The van der Waals surface area contributed by atoms with Gasteiger partial charge >= 0.3 is 0 Å². The van der Waals surface area contributed by atoms with E-state index < -0.39 is 5.60 Å². The van der Waals surface area contributed by atoms with E-state index in [0.717, 1.165) is 11.1 Å². The van der Waals surface area contributed by atoms with Crippen molar-refractivity contribution in [2.45, 2.75) is 52.6 Å². The Balaban J connectivity index is 1.53. The first kappa shape index (κ1) is 23.8. The molecule has 0 atom stereocenters. The molecule has 4 aromatic rings. The summed E-state index contributed by atoms with van der Waals surface area (Å²) in [5, 5.41) is 3.41. The number of carbonyl (C=O) groups is 1. The number of aryl methyl sites for hydroxylation is 1. The van der Waals surface area contributed by atoms with Gasteiger partial charge in [-0.15, -0.1) is 0 Å². The van der Waals surface area contributed by atoms with Crippen LogP contribution in [-0.2, 0) is 10.2 Å². The fourth-order valence-electron chi connectivity index (χ4n) is 3.57. The lowest BCUT2D eigenvalue weighted by Gasteiger charge is -2.26. The second kappa shape index (κ2) is 8.80. The van der Waals surface area contributed by atoms with Crippen LogP contribution in [0.3, 0.4) is 0 Å². The Morgan fingerprint density at radius 2 is 1.68 bits per heavy atom. The summed E-state index contributed by atoms with van der Waals surface area (Å²) in [5.74, 6) is 0.747. The molecule has 1 amide bonds. The molecular weight excluding hydrogens is 448 g/mol. The summed E-state index contributed by atoms with van der Waals surface area (Å²) in [6, 6.07) is 18.9. The van der Waals surface area contributed by atoms with E-state index in [-0.39, 0.29) is 11.3 Å². The molecule has 176 valence electrons. The minimum absolute atomic E-state index is 0.0469. The molecule has 0 aliphatic rings. The van der Waals surface area contributed by atoms with Crippen LogP contribution in [-0.4, -0.2) is 16.5 Å². The van der Waals surface area contributed by atoms with E-state index in [1.54, 1.807) is 32.0 Å². The van der Waals surface area contributed by atoms with Crippen molar-refractivity contribution in [1.29, 1.82) is 0 Å². The third kappa shape index (κ3) is 5.10. The van der Waals surface area contributed by atoms with E-state index in [9.17, 15) is 4.79 Å². The topological polar surface area (TPSA) is 64.4 Å². The number of carbonyl (C=O) groups excluding carboxylic acids is 1. The van der Waals surface area contributed by atoms with Crippen LogP contribution in [0.2, 0.25) is 5.02 Å². The molecule has 1 aromatic heterocycles. The molecule has 0 unspecified atom stereocenters. The van der Waals surface area contributed by atoms with E-state index in [4.69, 9.17) is 20.8 Å². The molecule has 1 heterocycles. The first-order chi connectivity index (χ1) is 15.9. The molecule has 0 spiro atoms. The fourth-order valence-corrected chi connectivity index (χ4v) is 3.76. The summed E-state index contributed by atoms with van der Waals surface area (Å²) in [6.45, 7) is 11.9. The lowest BCUT2D eigenvalue weighted by atomic mass is 9.87. The fraction of sp³-hybridized carbons (Fsp3) is 0.286. The highest BCUT2D eigenvalue weighted by atomic mass is 35.5. The minimum atomic E-state index is -1.10. The van der Waals surface area contributed by atoms with Crippen molar-refractivity contribution in [1.82, 2.24) is 4.98 Å². The molecule has 0 aliphatic carbocycles.